The molecule has 0 radical (unpaired) electrons. The van der Waals surface area contributed by atoms with Gasteiger partial charge in [-0.2, -0.15) is 0 Å². The molecule has 39 heavy (non-hydrogen) atoms. The number of anilines is 1. The van der Waals surface area contributed by atoms with Gasteiger partial charge in [-0.1, -0.05) is 42.5 Å². The second kappa shape index (κ2) is 10.2. The second-order valence-electron chi connectivity index (χ2n) is 10.5. The highest BCUT2D eigenvalue weighted by Crippen LogP contribution is 2.27. The van der Waals surface area contributed by atoms with Crippen LogP contribution in [-0.2, 0) is 17.8 Å². The van der Waals surface area contributed by atoms with Crippen LogP contribution in [0.4, 0.5) is 10.6 Å². The summed E-state index contributed by atoms with van der Waals surface area (Å²) in [5.74, 6) is 1.64. The molecular formula is C30H31N5O4. The van der Waals surface area contributed by atoms with Crippen LogP contribution in [0.25, 0.3) is 21.9 Å². The lowest BCUT2D eigenvalue weighted by Crippen LogP contribution is -2.33. The maximum Gasteiger partial charge on any atom is 0.410 e. The zero-order valence-electron chi connectivity index (χ0n) is 22.4. The molecule has 200 valence electrons. The minimum Gasteiger partial charge on any atom is -0.457 e. The minimum absolute atomic E-state index is 0.243. The molecule has 0 aliphatic carbocycles. The van der Waals surface area contributed by atoms with Gasteiger partial charge in [0.2, 0.25) is 0 Å². The van der Waals surface area contributed by atoms with E-state index in [0.717, 1.165) is 27.5 Å². The lowest BCUT2D eigenvalue weighted by molar-refractivity contribution is 0.0285. The molecule has 5 rings (SSSR count). The molecule has 0 atom stereocenters. The van der Waals surface area contributed by atoms with Gasteiger partial charge in [-0.15, -0.1) is 0 Å². The fraction of sp³-hybridized carbons (Fsp3) is 0.233. The number of nitrogens with two attached hydrogens (primary N) is 1. The molecule has 0 fully saturated rings. The Kier molecular flexibility index (Phi) is 6.74. The van der Waals surface area contributed by atoms with Gasteiger partial charge in [0.05, 0.1) is 17.6 Å². The summed E-state index contributed by atoms with van der Waals surface area (Å²) in [6.45, 7) is 6.32. The second-order valence-corrected chi connectivity index (χ2v) is 10.5. The van der Waals surface area contributed by atoms with Crippen LogP contribution in [0.1, 0.15) is 31.9 Å². The molecule has 3 N–H and O–H groups in total. The first-order valence-corrected chi connectivity index (χ1v) is 12.6. The molecule has 0 unspecified atom stereocenters. The van der Waals surface area contributed by atoms with Crippen LogP contribution < -0.4 is 16.2 Å². The average molecular weight is 526 g/mol. The predicted molar refractivity (Wildman–Crippen MR) is 152 cm³/mol. The maximum atomic E-state index is 12.8. The summed E-state index contributed by atoms with van der Waals surface area (Å²) >= 11 is 0. The van der Waals surface area contributed by atoms with E-state index in [-0.39, 0.29) is 11.8 Å². The molecule has 0 saturated heterocycles. The van der Waals surface area contributed by atoms with E-state index in [2.05, 4.69) is 9.97 Å². The topological polar surface area (TPSA) is 115 Å². The van der Waals surface area contributed by atoms with Crippen LogP contribution in [0.5, 0.6) is 11.5 Å². The van der Waals surface area contributed by atoms with E-state index in [4.69, 9.17) is 15.2 Å². The average Bonchev–Trinajstić information content (AvgIpc) is 3.22. The van der Waals surface area contributed by atoms with Gasteiger partial charge in [-0.3, -0.25) is 4.57 Å². The Balaban J connectivity index is 1.27. The molecule has 9 nitrogen and oxygen atoms in total. The Morgan fingerprint density at radius 1 is 0.974 bits per heavy atom. The van der Waals surface area contributed by atoms with Gasteiger partial charge in [0, 0.05) is 19.0 Å². The van der Waals surface area contributed by atoms with Gasteiger partial charge in [-0.05, 0) is 62.2 Å². The third-order valence-electron chi connectivity index (χ3n) is 6.19. The Bertz CT molecular complexity index is 1700. The van der Waals surface area contributed by atoms with Crippen molar-refractivity contribution in [3.05, 3.63) is 94.4 Å². The number of pyridine rings is 1. The van der Waals surface area contributed by atoms with Crippen molar-refractivity contribution in [3.63, 3.8) is 0 Å². The number of carbonyl (C=O) groups excluding carboxylic acids is 1. The summed E-state index contributed by atoms with van der Waals surface area (Å²) < 4.78 is 13.1. The summed E-state index contributed by atoms with van der Waals surface area (Å²) in [4.78, 5) is 33.8. The summed E-state index contributed by atoms with van der Waals surface area (Å²) in [5, 5.41) is 0.862. The van der Waals surface area contributed by atoms with Crippen LogP contribution in [0.3, 0.4) is 0 Å². The molecule has 5 aromatic rings. The van der Waals surface area contributed by atoms with Gasteiger partial charge in [-0.25, -0.2) is 14.6 Å². The van der Waals surface area contributed by atoms with Gasteiger partial charge in [0.15, 0.2) is 0 Å². The molecule has 9 heteroatoms. The van der Waals surface area contributed by atoms with E-state index in [9.17, 15) is 9.59 Å². The van der Waals surface area contributed by atoms with E-state index in [0.29, 0.717) is 35.9 Å². The summed E-state index contributed by atoms with van der Waals surface area (Å²) in [7, 11) is 1.71. The van der Waals surface area contributed by atoms with Crippen molar-refractivity contribution < 1.29 is 14.3 Å². The highest BCUT2D eigenvalue weighted by Gasteiger charge is 2.19. The van der Waals surface area contributed by atoms with Crippen molar-refractivity contribution in [2.45, 2.75) is 39.5 Å². The van der Waals surface area contributed by atoms with Gasteiger partial charge < -0.3 is 25.1 Å². The number of aromatic amines is 1. The maximum absolute atomic E-state index is 12.8. The van der Waals surface area contributed by atoms with Crippen molar-refractivity contribution in [2.75, 3.05) is 12.8 Å². The Morgan fingerprint density at radius 3 is 2.23 bits per heavy atom. The van der Waals surface area contributed by atoms with Gasteiger partial charge in [0.25, 0.3) is 0 Å². The van der Waals surface area contributed by atoms with Crippen molar-refractivity contribution >= 4 is 33.8 Å². The molecule has 2 heterocycles. The number of hydrogen-bond acceptors (Lipinski definition) is 6. The number of nitrogens with zero attached hydrogens (tertiary/aromatic N) is 3. The number of hydrogen-bond donors (Lipinski definition) is 2. The normalized spacial score (nSPS) is 11.6. The number of benzene rings is 3. The number of nitrogen functional groups attached to an aromatic ring is 1. The van der Waals surface area contributed by atoms with Gasteiger partial charge in [0.1, 0.15) is 28.4 Å². The Labute approximate surface area is 225 Å². The van der Waals surface area contributed by atoms with E-state index in [1.54, 1.807) is 11.6 Å². The van der Waals surface area contributed by atoms with Crippen molar-refractivity contribution in [2.24, 2.45) is 0 Å². The fourth-order valence-corrected chi connectivity index (χ4v) is 4.37. The molecule has 2 aromatic heterocycles. The smallest absolute Gasteiger partial charge is 0.410 e. The van der Waals surface area contributed by atoms with Crippen molar-refractivity contribution in [1.29, 1.82) is 0 Å². The Morgan fingerprint density at radius 2 is 1.59 bits per heavy atom. The fourth-order valence-electron chi connectivity index (χ4n) is 4.37. The molecule has 0 spiro atoms. The largest absolute Gasteiger partial charge is 0.457 e. The first kappa shape index (κ1) is 25.8. The number of imidazole rings is 1. The lowest BCUT2D eigenvalue weighted by Gasteiger charge is -2.24. The van der Waals surface area contributed by atoms with Crippen LogP contribution in [0, 0.1) is 0 Å². The van der Waals surface area contributed by atoms with E-state index in [1.165, 1.54) is 4.90 Å². The minimum atomic E-state index is -0.538. The zero-order chi connectivity index (χ0) is 27.7. The third-order valence-corrected chi connectivity index (χ3v) is 6.19. The summed E-state index contributed by atoms with van der Waals surface area (Å²) in [5.41, 5.74) is 9.25. The molecule has 0 aliphatic heterocycles. The number of para-hydroxylation sites is 1. The van der Waals surface area contributed by atoms with Crippen molar-refractivity contribution in [1.82, 2.24) is 19.4 Å². The van der Waals surface area contributed by atoms with Gasteiger partial charge >= 0.3 is 11.8 Å². The quantitative estimate of drug-likeness (QED) is 0.295. The third kappa shape index (κ3) is 5.72. The van der Waals surface area contributed by atoms with E-state index in [1.807, 2.05) is 93.6 Å². The van der Waals surface area contributed by atoms with Crippen LogP contribution >= 0.6 is 0 Å². The number of aromatic nitrogens is 3. The first-order valence-electron chi connectivity index (χ1n) is 12.6. The standard InChI is InChI=1S/C30H31N5O4/c1-30(2,3)39-29(37)34(4)17-19-9-13-21(14-10-19)38-22-15-11-20(12-16-22)18-35-26-23-7-5-6-8-24(23)32-27(31)25(26)33-28(35)36/h5-16H,17-18H2,1-4H3,(H2,31,32)(H,33,36). The van der Waals surface area contributed by atoms with E-state index < -0.39 is 5.60 Å². The number of carbonyl (C=O) groups is 1. The zero-order valence-corrected chi connectivity index (χ0v) is 22.4. The van der Waals surface area contributed by atoms with Crippen LogP contribution in [-0.4, -0.2) is 38.2 Å². The highest BCUT2D eigenvalue weighted by atomic mass is 16.6. The van der Waals surface area contributed by atoms with E-state index >= 15 is 0 Å². The molecule has 0 aliphatic rings. The number of nitrogens with one attached hydrogen (secondary N) is 1. The summed E-state index contributed by atoms with van der Waals surface area (Å²) in [6.07, 6.45) is -0.369. The first-order chi connectivity index (χ1) is 18.6. The number of rotatable bonds is 6. The summed E-state index contributed by atoms with van der Waals surface area (Å²) in [6, 6.07) is 22.8. The highest BCUT2D eigenvalue weighted by molar-refractivity contribution is 6.06. The SMILES string of the molecule is CN(Cc1ccc(Oc2ccc(Cn3c(=O)[nH]c4c(N)nc5ccccc5c43)cc2)cc1)C(=O)OC(C)(C)C. The lowest BCUT2D eigenvalue weighted by atomic mass is 10.1. The molecule has 0 bridgehead atoms. The van der Waals surface area contributed by atoms with Crippen LogP contribution in [0.2, 0.25) is 0 Å². The molecule has 0 saturated carbocycles. The number of fused-ring (bicyclic) bond motifs is 3. The molecular weight excluding hydrogens is 494 g/mol. The predicted octanol–water partition coefficient (Wildman–Crippen LogP) is 5.67. The van der Waals surface area contributed by atoms with Crippen molar-refractivity contribution in [3.8, 4) is 11.5 Å². The molecule has 3 aromatic carbocycles. The monoisotopic (exact) mass is 525 g/mol. The molecule has 1 amide bonds. The number of H-pyrrole nitrogens is 1. The van der Waals surface area contributed by atoms with Crippen LogP contribution in [0.15, 0.2) is 77.6 Å². The number of ether oxygens (including phenoxy) is 2. The number of amides is 1. The Hall–Kier alpha value is -4.79.